The number of nitrogens with two attached hydrogens (primary N) is 1. The van der Waals surface area contributed by atoms with Gasteiger partial charge in [-0.2, -0.15) is 0 Å². The van der Waals surface area contributed by atoms with E-state index < -0.39 is 11.6 Å². The third kappa shape index (κ3) is 2.28. The predicted octanol–water partition coefficient (Wildman–Crippen LogP) is 3.92. The van der Waals surface area contributed by atoms with E-state index >= 15 is 0 Å². The zero-order valence-electron chi connectivity index (χ0n) is 8.85. The highest BCUT2D eigenvalue weighted by Gasteiger charge is 2.26. The van der Waals surface area contributed by atoms with Crippen molar-refractivity contribution in [2.24, 2.45) is 11.7 Å². The van der Waals surface area contributed by atoms with Crippen molar-refractivity contribution in [3.63, 3.8) is 0 Å². The van der Waals surface area contributed by atoms with Crippen molar-refractivity contribution in [3.8, 4) is 0 Å². The Balaban J connectivity index is 2.28. The van der Waals surface area contributed by atoms with Crippen LogP contribution in [0.15, 0.2) is 16.6 Å². The zero-order valence-corrected chi connectivity index (χ0v) is 10.4. The quantitative estimate of drug-likeness (QED) is 0.821. The number of halogens is 3. The number of hydrogen-bond donors (Lipinski definition) is 1. The average molecular weight is 290 g/mol. The van der Waals surface area contributed by atoms with Gasteiger partial charge in [0.15, 0.2) is 0 Å². The first-order chi connectivity index (χ1) is 7.59. The molecule has 0 amide bonds. The smallest absolute Gasteiger partial charge is 0.137 e. The van der Waals surface area contributed by atoms with Crippen LogP contribution in [0.25, 0.3) is 0 Å². The topological polar surface area (TPSA) is 26.0 Å². The predicted molar refractivity (Wildman–Crippen MR) is 62.9 cm³/mol. The highest BCUT2D eigenvalue weighted by atomic mass is 79.9. The van der Waals surface area contributed by atoms with Crippen LogP contribution in [-0.2, 0) is 0 Å². The second-order valence-electron chi connectivity index (χ2n) is 4.36. The molecule has 0 aromatic heterocycles. The van der Waals surface area contributed by atoms with Gasteiger partial charge in [0.1, 0.15) is 11.6 Å². The lowest BCUT2D eigenvalue weighted by Crippen LogP contribution is -2.20. The molecule has 0 bridgehead atoms. The molecule has 16 heavy (non-hydrogen) atoms. The van der Waals surface area contributed by atoms with Gasteiger partial charge in [-0.3, -0.25) is 0 Å². The van der Waals surface area contributed by atoms with Crippen LogP contribution in [-0.4, -0.2) is 0 Å². The number of rotatable bonds is 2. The lowest BCUT2D eigenvalue weighted by atomic mass is 9.92. The Morgan fingerprint density at radius 3 is 2.44 bits per heavy atom. The average Bonchev–Trinajstić information content (AvgIpc) is 2.75. The molecule has 0 saturated heterocycles. The van der Waals surface area contributed by atoms with Crippen LogP contribution >= 0.6 is 15.9 Å². The minimum absolute atomic E-state index is 0.146. The molecule has 88 valence electrons. The van der Waals surface area contributed by atoms with Gasteiger partial charge >= 0.3 is 0 Å². The van der Waals surface area contributed by atoms with Crippen LogP contribution in [0.2, 0.25) is 0 Å². The summed E-state index contributed by atoms with van der Waals surface area (Å²) in [5.74, 6) is -0.590. The molecule has 1 aliphatic rings. The first kappa shape index (κ1) is 12.0. The minimum Gasteiger partial charge on any atom is -0.324 e. The SMILES string of the molecule is NC(c1cc(F)c(Br)cc1F)C1CCCC1. The summed E-state index contributed by atoms with van der Waals surface area (Å²) >= 11 is 2.96. The van der Waals surface area contributed by atoms with Crippen molar-refractivity contribution in [2.45, 2.75) is 31.7 Å². The highest BCUT2D eigenvalue weighted by molar-refractivity contribution is 9.10. The summed E-state index contributed by atoms with van der Waals surface area (Å²) in [6, 6.07) is 1.98. The van der Waals surface area contributed by atoms with Gasteiger partial charge in [-0.15, -0.1) is 0 Å². The maximum absolute atomic E-state index is 13.7. The summed E-state index contributed by atoms with van der Waals surface area (Å²) in [6.07, 6.45) is 4.30. The third-order valence-electron chi connectivity index (χ3n) is 3.31. The molecule has 0 spiro atoms. The minimum atomic E-state index is -0.454. The molecule has 1 aromatic rings. The molecular formula is C12H14BrF2N. The van der Waals surface area contributed by atoms with E-state index in [1.54, 1.807) is 0 Å². The van der Waals surface area contributed by atoms with Gasteiger partial charge in [0.2, 0.25) is 0 Å². The van der Waals surface area contributed by atoms with Gasteiger partial charge in [0.25, 0.3) is 0 Å². The van der Waals surface area contributed by atoms with E-state index in [9.17, 15) is 8.78 Å². The monoisotopic (exact) mass is 289 g/mol. The maximum Gasteiger partial charge on any atom is 0.137 e. The van der Waals surface area contributed by atoms with E-state index in [0.29, 0.717) is 5.56 Å². The molecule has 1 saturated carbocycles. The van der Waals surface area contributed by atoms with Crippen LogP contribution in [0, 0.1) is 17.6 Å². The van der Waals surface area contributed by atoms with Gasteiger partial charge in [-0.25, -0.2) is 8.78 Å². The molecule has 4 heteroatoms. The van der Waals surface area contributed by atoms with E-state index in [0.717, 1.165) is 31.7 Å². The van der Waals surface area contributed by atoms with Gasteiger partial charge in [0.05, 0.1) is 4.47 Å². The van der Waals surface area contributed by atoms with E-state index in [2.05, 4.69) is 15.9 Å². The Morgan fingerprint density at radius 1 is 1.19 bits per heavy atom. The summed E-state index contributed by atoms with van der Waals surface area (Å²) < 4.78 is 27.1. The molecule has 1 fully saturated rings. The Labute approximate surface area is 102 Å². The maximum atomic E-state index is 13.7. The summed E-state index contributed by atoms with van der Waals surface area (Å²) in [6.45, 7) is 0. The lowest BCUT2D eigenvalue weighted by molar-refractivity contribution is 0.426. The summed E-state index contributed by atoms with van der Waals surface area (Å²) in [4.78, 5) is 0. The van der Waals surface area contributed by atoms with Crippen molar-refractivity contribution in [2.75, 3.05) is 0 Å². The van der Waals surface area contributed by atoms with Gasteiger partial charge < -0.3 is 5.73 Å². The van der Waals surface area contributed by atoms with Crippen LogP contribution < -0.4 is 5.73 Å². The summed E-state index contributed by atoms with van der Waals surface area (Å²) in [5, 5.41) is 0. The van der Waals surface area contributed by atoms with Crippen LogP contribution in [0.4, 0.5) is 8.78 Å². The van der Waals surface area contributed by atoms with Crippen LogP contribution in [0.3, 0.4) is 0 Å². The fourth-order valence-corrected chi connectivity index (χ4v) is 2.68. The zero-order chi connectivity index (χ0) is 11.7. The third-order valence-corrected chi connectivity index (χ3v) is 3.91. The Bertz CT molecular complexity index is 389. The van der Waals surface area contributed by atoms with Crippen molar-refractivity contribution in [3.05, 3.63) is 33.8 Å². The summed E-state index contributed by atoms with van der Waals surface area (Å²) in [7, 11) is 0. The van der Waals surface area contributed by atoms with Gasteiger partial charge in [-0.05, 0) is 46.8 Å². The lowest BCUT2D eigenvalue weighted by Gasteiger charge is -2.20. The molecular weight excluding hydrogens is 276 g/mol. The normalized spacial score (nSPS) is 19.0. The second kappa shape index (κ2) is 4.80. The Hall–Kier alpha value is -0.480. The van der Waals surface area contributed by atoms with Crippen molar-refractivity contribution in [1.29, 1.82) is 0 Å². The van der Waals surface area contributed by atoms with E-state index in [4.69, 9.17) is 5.73 Å². The first-order valence-electron chi connectivity index (χ1n) is 5.49. The molecule has 0 aliphatic heterocycles. The number of hydrogen-bond acceptors (Lipinski definition) is 1. The molecule has 1 aromatic carbocycles. The second-order valence-corrected chi connectivity index (χ2v) is 5.21. The first-order valence-corrected chi connectivity index (χ1v) is 6.29. The molecule has 1 unspecified atom stereocenters. The van der Waals surface area contributed by atoms with Gasteiger partial charge in [0, 0.05) is 11.6 Å². The van der Waals surface area contributed by atoms with Crippen LogP contribution in [0.5, 0.6) is 0 Å². The molecule has 0 heterocycles. The van der Waals surface area contributed by atoms with Crippen LogP contribution in [0.1, 0.15) is 37.3 Å². The standard InChI is InChI=1S/C12H14BrF2N/c13-9-6-10(14)8(5-11(9)15)12(16)7-3-1-2-4-7/h5-7,12H,1-4,16H2. The largest absolute Gasteiger partial charge is 0.324 e. The molecule has 2 N–H and O–H groups in total. The molecule has 0 radical (unpaired) electrons. The Kier molecular flexibility index (Phi) is 3.60. The highest BCUT2D eigenvalue weighted by Crippen LogP contribution is 2.36. The fraction of sp³-hybridized carbons (Fsp3) is 0.500. The van der Waals surface area contributed by atoms with E-state index in [1.807, 2.05) is 0 Å². The fourth-order valence-electron chi connectivity index (χ4n) is 2.36. The van der Waals surface area contributed by atoms with Crippen molar-refractivity contribution in [1.82, 2.24) is 0 Å². The van der Waals surface area contributed by atoms with Crippen molar-refractivity contribution < 1.29 is 8.78 Å². The Morgan fingerprint density at radius 2 is 1.81 bits per heavy atom. The van der Waals surface area contributed by atoms with E-state index in [-0.39, 0.29) is 16.4 Å². The molecule has 1 aliphatic carbocycles. The molecule has 1 nitrogen and oxygen atoms in total. The van der Waals surface area contributed by atoms with Gasteiger partial charge in [-0.1, -0.05) is 12.8 Å². The van der Waals surface area contributed by atoms with E-state index in [1.165, 1.54) is 6.07 Å². The molecule has 1 atom stereocenters. The van der Waals surface area contributed by atoms with Crippen molar-refractivity contribution >= 4 is 15.9 Å². The number of benzene rings is 1. The molecule has 2 rings (SSSR count). The summed E-state index contributed by atoms with van der Waals surface area (Å²) in [5.41, 5.74) is 6.30.